The van der Waals surface area contributed by atoms with Crippen LogP contribution >= 0.6 is 0 Å². The number of para-hydroxylation sites is 1. The fourth-order valence-electron chi connectivity index (χ4n) is 4.37. The van der Waals surface area contributed by atoms with Crippen LogP contribution in [-0.4, -0.2) is 22.4 Å². The Hall–Kier alpha value is -2.83. The summed E-state index contributed by atoms with van der Waals surface area (Å²) >= 11 is 0. The molecule has 3 aromatic rings. The van der Waals surface area contributed by atoms with Crippen LogP contribution in [0, 0.1) is 16.0 Å². The molecule has 5 nitrogen and oxygen atoms in total. The van der Waals surface area contributed by atoms with Crippen LogP contribution in [0.25, 0.3) is 21.8 Å². The number of rotatable bonds is 13. The highest BCUT2D eigenvalue weighted by Crippen LogP contribution is 2.51. The lowest BCUT2D eigenvalue weighted by molar-refractivity contribution is -0.385. The van der Waals surface area contributed by atoms with Gasteiger partial charge in [0, 0.05) is 29.2 Å². The second-order valence-corrected chi connectivity index (χ2v) is 9.08. The molecule has 0 spiro atoms. The van der Waals surface area contributed by atoms with Gasteiger partial charge in [0.05, 0.1) is 22.6 Å². The predicted molar refractivity (Wildman–Crippen MR) is 126 cm³/mol. The van der Waals surface area contributed by atoms with Gasteiger partial charge in [-0.05, 0) is 31.0 Å². The molecule has 0 radical (unpaired) electrons. The second kappa shape index (κ2) is 10.4. The van der Waals surface area contributed by atoms with Gasteiger partial charge in [0.15, 0.2) is 5.75 Å². The van der Waals surface area contributed by atoms with Crippen LogP contribution in [0.4, 0.5) is 14.5 Å². The summed E-state index contributed by atoms with van der Waals surface area (Å²) in [5, 5.41) is 13.3. The van der Waals surface area contributed by atoms with Crippen molar-refractivity contribution in [1.82, 2.24) is 4.98 Å². The molecule has 1 aliphatic carbocycles. The predicted octanol–water partition coefficient (Wildman–Crippen LogP) is 7.84. The Morgan fingerprint density at radius 3 is 2.30 bits per heavy atom. The number of alkyl halides is 2. The minimum atomic E-state index is -2.37. The molecule has 0 aliphatic heterocycles. The van der Waals surface area contributed by atoms with E-state index in [1.54, 1.807) is 6.07 Å². The first-order valence-electron chi connectivity index (χ1n) is 11.9. The van der Waals surface area contributed by atoms with E-state index in [1.165, 1.54) is 6.07 Å². The summed E-state index contributed by atoms with van der Waals surface area (Å²) in [4.78, 5) is 15.7. The average Bonchev–Trinajstić information content (AvgIpc) is 3.41. The number of nitro benzene ring substituents is 1. The molecule has 1 atom stereocenters. The number of hydrogen-bond donors (Lipinski definition) is 0. The number of hydrogen-bond acceptors (Lipinski definition) is 4. The number of benzene rings is 2. The average molecular weight is 457 g/mol. The fraction of sp³-hybridized carbons (Fsp3) is 0.500. The zero-order valence-corrected chi connectivity index (χ0v) is 18.8. The molecule has 33 heavy (non-hydrogen) atoms. The molecule has 176 valence electrons. The van der Waals surface area contributed by atoms with E-state index >= 15 is 0 Å². The van der Waals surface area contributed by atoms with Crippen LogP contribution in [0.15, 0.2) is 42.5 Å². The number of nitrogens with zero attached hydrogens (tertiary/aromatic N) is 2. The van der Waals surface area contributed by atoms with Crippen LogP contribution in [0.2, 0.25) is 0 Å². The molecule has 7 heteroatoms. The molecule has 0 bridgehead atoms. The quantitative estimate of drug-likeness (QED) is 0.114. The van der Waals surface area contributed by atoms with E-state index in [4.69, 9.17) is 4.74 Å². The van der Waals surface area contributed by atoms with E-state index in [9.17, 15) is 18.9 Å². The zero-order valence-electron chi connectivity index (χ0n) is 18.8. The molecule has 0 N–H and O–H groups in total. The highest BCUT2D eigenvalue weighted by atomic mass is 19.3. The summed E-state index contributed by atoms with van der Waals surface area (Å²) in [7, 11) is 0. The number of ether oxygens (including phenoxy) is 1. The summed E-state index contributed by atoms with van der Waals surface area (Å²) in [6, 6.07) is 12.9. The number of aromatic nitrogens is 1. The first-order chi connectivity index (χ1) is 15.9. The molecule has 4 rings (SSSR count). The summed E-state index contributed by atoms with van der Waals surface area (Å²) in [5.41, 5.74) is 1.32. The zero-order chi connectivity index (χ0) is 23.3. The van der Waals surface area contributed by atoms with E-state index in [-0.39, 0.29) is 23.8 Å². The minimum Gasteiger partial charge on any atom is -0.487 e. The van der Waals surface area contributed by atoms with Gasteiger partial charge in [-0.2, -0.15) is 0 Å². The van der Waals surface area contributed by atoms with Gasteiger partial charge in [-0.25, -0.2) is 13.8 Å². The van der Waals surface area contributed by atoms with Crippen molar-refractivity contribution in [2.75, 3.05) is 6.61 Å². The monoisotopic (exact) mass is 456 g/mol. The van der Waals surface area contributed by atoms with Crippen molar-refractivity contribution in [2.45, 2.75) is 70.1 Å². The number of fused-ring (bicyclic) bond motifs is 2. The molecular formula is C26H30F2N2O3. The van der Waals surface area contributed by atoms with Crippen molar-refractivity contribution < 1.29 is 18.4 Å². The summed E-state index contributed by atoms with van der Waals surface area (Å²) < 4.78 is 31.4. The number of nitro groups is 1. The summed E-state index contributed by atoms with van der Waals surface area (Å²) in [5.74, 6) is -2.45. The maximum Gasteiger partial charge on any atom is 0.313 e. The maximum absolute atomic E-state index is 12.8. The van der Waals surface area contributed by atoms with Gasteiger partial charge in [-0.1, -0.05) is 63.1 Å². The first kappa shape index (κ1) is 23.3. The Labute approximate surface area is 192 Å². The van der Waals surface area contributed by atoms with Crippen molar-refractivity contribution in [2.24, 2.45) is 5.92 Å². The fourth-order valence-corrected chi connectivity index (χ4v) is 4.37. The molecule has 1 aromatic heterocycles. The van der Waals surface area contributed by atoms with Gasteiger partial charge in [0.1, 0.15) is 0 Å². The molecule has 1 saturated carbocycles. The summed E-state index contributed by atoms with van der Waals surface area (Å²) in [6.07, 6.45) is 8.95. The Morgan fingerprint density at radius 1 is 0.939 bits per heavy atom. The molecule has 1 unspecified atom stereocenters. The van der Waals surface area contributed by atoms with E-state index in [0.29, 0.717) is 18.5 Å². The van der Waals surface area contributed by atoms with Crippen molar-refractivity contribution in [3.8, 4) is 5.75 Å². The second-order valence-electron chi connectivity index (χ2n) is 9.08. The van der Waals surface area contributed by atoms with E-state index in [2.05, 4.69) is 4.98 Å². The van der Waals surface area contributed by atoms with Gasteiger partial charge >= 0.3 is 5.69 Å². The minimum absolute atomic E-state index is 0.0609. The lowest BCUT2D eigenvalue weighted by atomic mass is 10.1. The molecule has 2 aromatic carbocycles. The Bertz CT molecular complexity index is 1120. The number of unbranched alkanes of at least 4 members (excludes halogenated alkanes) is 7. The third kappa shape index (κ3) is 6.15. The van der Waals surface area contributed by atoms with Crippen LogP contribution < -0.4 is 4.74 Å². The first-order valence-corrected chi connectivity index (χ1v) is 11.9. The van der Waals surface area contributed by atoms with Crippen LogP contribution in [0.5, 0.6) is 5.75 Å². The van der Waals surface area contributed by atoms with Crippen LogP contribution in [0.1, 0.15) is 64.2 Å². The van der Waals surface area contributed by atoms with Crippen molar-refractivity contribution >= 4 is 27.5 Å². The van der Waals surface area contributed by atoms with Crippen LogP contribution in [0.3, 0.4) is 0 Å². The molecule has 1 fully saturated rings. The smallest absolute Gasteiger partial charge is 0.313 e. The van der Waals surface area contributed by atoms with Gasteiger partial charge in [0.2, 0.25) is 0 Å². The Kier molecular flexibility index (Phi) is 7.36. The van der Waals surface area contributed by atoms with Gasteiger partial charge in [-0.15, -0.1) is 0 Å². The van der Waals surface area contributed by atoms with Crippen LogP contribution in [-0.2, 0) is 0 Å². The Balaban J connectivity index is 1.18. The molecule has 1 heterocycles. The standard InChI is InChI=1S/C26H30F2N2O3/c27-26(28)18-21(26)12-7-5-3-1-2-4-6-10-14-33-25-16-20-15-19-11-8-9-13-22(19)29-23(20)17-24(25)30(31)32/h8-9,11,13,15-17,21H,1-7,10,12,14,18H2. The lowest BCUT2D eigenvalue weighted by Crippen LogP contribution is -2.01. The van der Waals surface area contributed by atoms with Crippen molar-refractivity contribution in [3.05, 3.63) is 52.6 Å². The number of halogens is 2. The normalized spacial score (nSPS) is 16.8. The molecular weight excluding hydrogens is 426 g/mol. The number of pyridine rings is 1. The lowest BCUT2D eigenvalue weighted by Gasteiger charge is -2.09. The van der Waals surface area contributed by atoms with E-state index in [0.717, 1.165) is 67.7 Å². The van der Waals surface area contributed by atoms with Gasteiger partial charge in [-0.3, -0.25) is 10.1 Å². The van der Waals surface area contributed by atoms with Gasteiger partial charge < -0.3 is 4.74 Å². The highest BCUT2D eigenvalue weighted by molar-refractivity contribution is 5.94. The Morgan fingerprint density at radius 2 is 1.61 bits per heavy atom. The van der Waals surface area contributed by atoms with E-state index in [1.807, 2.05) is 30.3 Å². The van der Waals surface area contributed by atoms with Crippen molar-refractivity contribution in [3.63, 3.8) is 0 Å². The third-order valence-corrected chi connectivity index (χ3v) is 6.45. The summed E-state index contributed by atoms with van der Waals surface area (Å²) in [6.45, 7) is 0.433. The third-order valence-electron chi connectivity index (χ3n) is 6.45. The largest absolute Gasteiger partial charge is 0.487 e. The molecule has 0 saturated heterocycles. The SMILES string of the molecule is O=[N+]([O-])c1cc2nc3ccccc3cc2cc1OCCCCCCCCCCC1CC1(F)F. The highest BCUT2D eigenvalue weighted by Gasteiger charge is 2.55. The van der Waals surface area contributed by atoms with Gasteiger partial charge in [0.25, 0.3) is 5.92 Å². The maximum atomic E-state index is 12.8. The van der Waals surface area contributed by atoms with Crippen molar-refractivity contribution in [1.29, 1.82) is 0 Å². The molecule has 1 aliphatic rings. The molecule has 0 amide bonds. The topological polar surface area (TPSA) is 65.3 Å². The van der Waals surface area contributed by atoms with E-state index < -0.39 is 10.8 Å².